The quantitative estimate of drug-likeness (QED) is 0.751. The van der Waals surface area contributed by atoms with Crippen LogP contribution in [0.2, 0.25) is 0 Å². The highest BCUT2D eigenvalue weighted by Crippen LogP contribution is 2.21. The molecule has 0 fully saturated rings. The van der Waals surface area contributed by atoms with E-state index in [9.17, 15) is 0 Å². The number of aromatic nitrogens is 6. The Morgan fingerprint density at radius 3 is 3.12 bits per heavy atom. The Balaban J connectivity index is 2.11. The Morgan fingerprint density at radius 2 is 2.35 bits per heavy atom. The van der Waals surface area contributed by atoms with Crippen LogP contribution in [-0.4, -0.2) is 29.8 Å². The number of fused-ring (bicyclic) bond motifs is 1. The molecule has 0 radical (unpaired) electrons. The van der Waals surface area contributed by atoms with Gasteiger partial charge in [0.1, 0.15) is 10.9 Å². The second kappa shape index (κ2) is 3.81. The Labute approximate surface area is 104 Å². The Morgan fingerprint density at radius 1 is 1.47 bits per heavy atom. The van der Waals surface area contributed by atoms with Crippen molar-refractivity contribution in [2.24, 2.45) is 0 Å². The minimum absolute atomic E-state index is 0.626. The normalized spacial score (nSPS) is 10.9. The maximum Gasteiger partial charge on any atom is 0.198 e. The summed E-state index contributed by atoms with van der Waals surface area (Å²) in [6.07, 6.45) is 5.00. The SMILES string of the molecule is Cc1n[nH]cc1Nc1nc(Br)cn2ncnc12. The van der Waals surface area contributed by atoms with Crippen molar-refractivity contribution in [3.8, 4) is 0 Å². The zero-order valence-corrected chi connectivity index (χ0v) is 10.4. The molecule has 0 spiro atoms. The first kappa shape index (κ1) is 10.2. The van der Waals surface area contributed by atoms with Crippen LogP contribution in [0.25, 0.3) is 5.65 Å². The molecule has 17 heavy (non-hydrogen) atoms. The molecule has 0 bridgehead atoms. The van der Waals surface area contributed by atoms with E-state index in [1.54, 1.807) is 16.9 Å². The second-order valence-corrected chi connectivity index (χ2v) is 4.26. The van der Waals surface area contributed by atoms with E-state index in [-0.39, 0.29) is 0 Å². The van der Waals surface area contributed by atoms with E-state index in [0.29, 0.717) is 16.1 Å². The minimum Gasteiger partial charge on any atom is -0.334 e. The molecule has 0 saturated heterocycles. The second-order valence-electron chi connectivity index (χ2n) is 3.45. The molecule has 2 N–H and O–H groups in total. The van der Waals surface area contributed by atoms with Crippen LogP contribution in [0.5, 0.6) is 0 Å². The molecule has 0 saturated carbocycles. The van der Waals surface area contributed by atoms with Crippen LogP contribution in [0.3, 0.4) is 0 Å². The van der Waals surface area contributed by atoms with Gasteiger partial charge in [0.25, 0.3) is 0 Å². The molecule has 0 aromatic carbocycles. The van der Waals surface area contributed by atoms with E-state index in [0.717, 1.165) is 11.4 Å². The summed E-state index contributed by atoms with van der Waals surface area (Å²) in [5, 5.41) is 14.0. The summed E-state index contributed by atoms with van der Waals surface area (Å²) in [7, 11) is 0. The van der Waals surface area contributed by atoms with Gasteiger partial charge in [0.05, 0.1) is 17.6 Å². The van der Waals surface area contributed by atoms with Crippen LogP contribution in [0.15, 0.2) is 23.3 Å². The van der Waals surface area contributed by atoms with Gasteiger partial charge < -0.3 is 5.32 Å². The van der Waals surface area contributed by atoms with Crippen LogP contribution in [0.1, 0.15) is 5.69 Å². The van der Waals surface area contributed by atoms with Crippen molar-refractivity contribution < 1.29 is 0 Å². The molecule has 3 aromatic rings. The van der Waals surface area contributed by atoms with Gasteiger partial charge in [0, 0.05) is 6.20 Å². The monoisotopic (exact) mass is 293 g/mol. The summed E-state index contributed by atoms with van der Waals surface area (Å²) < 4.78 is 2.33. The highest BCUT2D eigenvalue weighted by molar-refractivity contribution is 9.10. The molecular formula is C9H8BrN7. The molecular weight excluding hydrogens is 286 g/mol. The van der Waals surface area contributed by atoms with Gasteiger partial charge in [-0.05, 0) is 22.9 Å². The highest BCUT2D eigenvalue weighted by Gasteiger charge is 2.09. The fourth-order valence-electron chi connectivity index (χ4n) is 1.50. The third-order valence-corrected chi connectivity index (χ3v) is 2.70. The summed E-state index contributed by atoms with van der Waals surface area (Å²) in [5.74, 6) is 0.626. The minimum atomic E-state index is 0.626. The van der Waals surface area contributed by atoms with Crippen molar-refractivity contribution in [1.29, 1.82) is 0 Å². The molecule has 7 nitrogen and oxygen atoms in total. The van der Waals surface area contributed by atoms with Gasteiger partial charge in [-0.25, -0.2) is 14.5 Å². The largest absolute Gasteiger partial charge is 0.334 e. The van der Waals surface area contributed by atoms with Gasteiger partial charge in [0.2, 0.25) is 0 Å². The molecule has 0 aliphatic carbocycles. The number of hydrogen-bond donors (Lipinski definition) is 2. The number of rotatable bonds is 2. The molecule has 3 rings (SSSR count). The lowest BCUT2D eigenvalue weighted by Crippen LogP contribution is -2.00. The maximum atomic E-state index is 4.33. The predicted octanol–water partition coefficient (Wildman–Crippen LogP) is 1.66. The lowest BCUT2D eigenvalue weighted by molar-refractivity contribution is 0.939. The number of halogens is 1. The van der Waals surface area contributed by atoms with Crippen LogP contribution < -0.4 is 5.32 Å². The molecule has 0 unspecified atom stereocenters. The van der Waals surface area contributed by atoms with Gasteiger partial charge in [-0.3, -0.25) is 5.10 Å². The Bertz CT molecular complexity index is 671. The molecule has 0 aliphatic rings. The zero-order chi connectivity index (χ0) is 11.8. The average molecular weight is 294 g/mol. The first-order valence-electron chi connectivity index (χ1n) is 4.87. The van der Waals surface area contributed by atoms with Crippen molar-refractivity contribution >= 4 is 33.1 Å². The first-order valence-corrected chi connectivity index (χ1v) is 5.66. The Kier molecular flexibility index (Phi) is 2.29. The van der Waals surface area contributed by atoms with Crippen LogP contribution in [0.4, 0.5) is 11.5 Å². The standard InChI is InChI=1S/C9H8BrN7/c1-5-6(2-12-16-5)14-8-9-11-4-13-17(9)3-7(10)15-8/h2-4H,1H3,(H,12,16)(H,14,15). The van der Waals surface area contributed by atoms with E-state index >= 15 is 0 Å². The molecule has 3 aromatic heterocycles. The molecule has 0 atom stereocenters. The first-order chi connectivity index (χ1) is 8.24. The maximum absolute atomic E-state index is 4.33. The highest BCUT2D eigenvalue weighted by atomic mass is 79.9. The third kappa shape index (κ3) is 1.76. The van der Waals surface area contributed by atoms with E-state index in [1.165, 1.54) is 6.33 Å². The fourth-order valence-corrected chi connectivity index (χ4v) is 1.87. The third-order valence-electron chi connectivity index (χ3n) is 2.32. The van der Waals surface area contributed by atoms with Crippen LogP contribution >= 0.6 is 15.9 Å². The molecule has 86 valence electrons. The Hall–Kier alpha value is -1.96. The van der Waals surface area contributed by atoms with Crippen molar-refractivity contribution in [1.82, 2.24) is 29.8 Å². The smallest absolute Gasteiger partial charge is 0.198 e. The molecule has 3 heterocycles. The van der Waals surface area contributed by atoms with Gasteiger partial charge >= 0.3 is 0 Å². The summed E-state index contributed by atoms with van der Waals surface area (Å²) >= 11 is 3.33. The average Bonchev–Trinajstić information content (AvgIpc) is 2.88. The lowest BCUT2D eigenvalue weighted by atomic mass is 10.4. The summed E-state index contributed by atoms with van der Waals surface area (Å²) in [4.78, 5) is 8.48. The number of anilines is 2. The molecule has 0 aliphatic heterocycles. The fraction of sp³-hybridized carbons (Fsp3) is 0.111. The van der Waals surface area contributed by atoms with E-state index < -0.39 is 0 Å². The number of nitrogens with zero attached hydrogens (tertiary/aromatic N) is 5. The predicted molar refractivity (Wildman–Crippen MR) is 65.1 cm³/mol. The van der Waals surface area contributed by atoms with Crippen molar-refractivity contribution in [3.05, 3.63) is 29.0 Å². The van der Waals surface area contributed by atoms with Gasteiger partial charge in [0.15, 0.2) is 11.5 Å². The van der Waals surface area contributed by atoms with Crippen LogP contribution in [0, 0.1) is 6.92 Å². The lowest BCUT2D eigenvalue weighted by Gasteiger charge is -2.05. The summed E-state index contributed by atoms with van der Waals surface area (Å²) in [5.41, 5.74) is 2.39. The zero-order valence-electron chi connectivity index (χ0n) is 8.85. The molecule has 0 amide bonds. The van der Waals surface area contributed by atoms with Gasteiger partial charge in [-0.2, -0.15) is 10.2 Å². The van der Waals surface area contributed by atoms with E-state index in [4.69, 9.17) is 0 Å². The number of H-pyrrole nitrogens is 1. The van der Waals surface area contributed by atoms with Crippen molar-refractivity contribution in [2.45, 2.75) is 6.92 Å². The summed E-state index contributed by atoms with van der Waals surface area (Å²) in [6.45, 7) is 1.90. The van der Waals surface area contributed by atoms with Crippen LogP contribution in [-0.2, 0) is 0 Å². The topological polar surface area (TPSA) is 83.8 Å². The van der Waals surface area contributed by atoms with Gasteiger partial charge in [-0.1, -0.05) is 0 Å². The van der Waals surface area contributed by atoms with Crippen molar-refractivity contribution in [2.75, 3.05) is 5.32 Å². The number of hydrogen-bond acceptors (Lipinski definition) is 5. The van der Waals surface area contributed by atoms with E-state index in [1.807, 2.05) is 6.92 Å². The summed E-state index contributed by atoms with van der Waals surface area (Å²) in [6, 6.07) is 0. The van der Waals surface area contributed by atoms with Gasteiger partial charge in [-0.15, -0.1) is 0 Å². The number of aryl methyl sites for hydroxylation is 1. The molecule has 8 heteroatoms. The number of nitrogens with one attached hydrogen (secondary N) is 2. The number of aromatic amines is 1. The van der Waals surface area contributed by atoms with Crippen molar-refractivity contribution in [3.63, 3.8) is 0 Å². The van der Waals surface area contributed by atoms with E-state index in [2.05, 4.69) is 46.5 Å².